The van der Waals surface area contributed by atoms with Crippen LogP contribution in [0.3, 0.4) is 0 Å². The number of anilines is 2. The van der Waals surface area contributed by atoms with Gasteiger partial charge in [0.05, 0.1) is 11.3 Å². The van der Waals surface area contributed by atoms with E-state index in [9.17, 15) is 18.0 Å². The monoisotopic (exact) mass is 442 g/mol. The molecule has 154 valence electrons. The summed E-state index contributed by atoms with van der Waals surface area (Å²) in [6.45, 7) is 0.103. The molecule has 0 radical (unpaired) electrons. The predicted molar refractivity (Wildman–Crippen MR) is 114 cm³/mol. The van der Waals surface area contributed by atoms with Gasteiger partial charge in [-0.3, -0.25) is 9.52 Å². The summed E-state index contributed by atoms with van der Waals surface area (Å²) in [6.07, 6.45) is 0.753. The van der Waals surface area contributed by atoms with Crippen LogP contribution < -0.4 is 9.62 Å². The zero-order chi connectivity index (χ0) is 21.1. The van der Waals surface area contributed by atoms with Gasteiger partial charge in [-0.2, -0.15) is 0 Å². The summed E-state index contributed by atoms with van der Waals surface area (Å²) in [5, 5.41) is 1.65. The molecule has 1 aliphatic rings. The molecule has 7 nitrogen and oxygen atoms in total. The van der Waals surface area contributed by atoms with Gasteiger partial charge in [0, 0.05) is 12.2 Å². The number of nitrogens with one attached hydrogen (secondary N) is 1. The Hall–Kier alpha value is -3.17. The molecule has 1 amide bonds. The molecule has 30 heavy (non-hydrogen) atoms. The lowest BCUT2D eigenvalue weighted by molar-refractivity contribution is -0.121. The number of benzene rings is 2. The first-order valence-electron chi connectivity index (χ1n) is 9.16. The van der Waals surface area contributed by atoms with Crippen LogP contribution >= 0.6 is 11.3 Å². The van der Waals surface area contributed by atoms with E-state index in [1.54, 1.807) is 28.5 Å². The van der Waals surface area contributed by atoms with Crippen LogP contribution in [0, 0.1) is 0 Å². The van der Waals surface area contributed by atoms with E-state index < -0.39 is 22.6 Å². The summed E-state index contributed by atoms with van der Waals surface area (Å²) in [6, 6.07) is 16.8. The molecule has 9 heteroatoms. The number of thiophene rings is 1. The van der Waals surface area contributed by atoms with Crippen LogP contribution in [0.4, 0.5) is 11.4 Å². The Morgan fingerprint density at radius 2 is 1.80 bits per heavy atom. The molecule has 0 atom stereocenters. The normalized spacial score (nSPS) is 13.0. The lowest BCUT2D eigenvalue weighted by atomic mass is 10.2. The van der Waals surface area contributed by atoms with Crippen molar-refractivity contribution in [3.8, 4) is 0 Å². The smallest absolute Gasteiger partial charge is 0.340 e. The van der Waals surface area contributed by atoms with E-state index >= 15 is 0 Å². The van der Waals surface area contributed by atoms with Crippen LogP contribution in [0.1, 0.15) is 15.9 Å². The van der Waals surface area contributed by atoms with Crippen LogP contribution in [-0.4, -0.2) is 33.4 Å². The summed E-state index contributed by atoms with van der Waals surface area (Å²) in [7, 11) is -3.82. The number of sulfonamides is 1. The predicted octanol–water partition coefficient (Wildman–Crippen LogP) is 3.30. The van der Waals surface area contributed by atoms with Gasteiger partial charge in [-0.05, 0) is 41.6 Å². The number of ether oxygens (including phenoxy) is 1. The Bertz CT molecular complexity index is 1190. The minimum Gasteiger partial charge on any atom is -0.452 e. The van der Waals surface area contributed by atoms with Gasteiger partial charge in [0.15, 0.2) is 6.61 Å². The van der Waals surface area contributed by atoms with Crippen LogP contribution in [0.25, 0.3) is 0 Å². The molecule has 3 aromatic rings. The van der Waals surface area contributed by atoms with E-state index in [0.717, 1.165) is 29.0 Å². The zero-order valence-corrected chi connectivity index (χ0v) is 17.4. The second kappa shape index (κ2) is 8.29. The van der Waals surface area contributed by atoms with Crippen molar-refractivity contribution in [3.05, 3.63) is 77.2 Å². The third-order valence-corrected chi connectivity index (χ3v) is 7.43. The number of carbonyl (C=O) groups excluding carboxylic acids is 2. The number of esters is 1. The average Bonchev–Trinajstić information content (AvgIpc) is 3.42. The third-order valence-electron chi connectivity index (χ3n) is 4.67. The maximum atomic E-state index is 12.6. The summed E-state index contributed by atoms with van der Waals surface area (Å²) in [5.74, 6) is -1.11. The highest BCUT2D eigenvalue weighted by Crippen LogP contribution is 2.28. The molecular formula is C21H18N2O5S2. The Balaban J connectivity index is 1.45. The summed E-state index contributed by atoms with van der Waals surface area (Å²) >= 11 is 1.07. The van der Waals surface area contributed by atoms with E-state index in [1.165, 1.54) is 18.2 Å². The molecule has 2 aromatic carbocycles. The molecule has 0 unspecified atom stereocenters. The van der Waals surface area contributed by atoms with Gasteiger partial charge in [0.25, 0.3) is 15.9 Å². The number of para-hydroxylation sites is 2. The maximum absolute atomic E-state index is 12.6. The summed E-state index contributed by atoms with van der Waals surface area (Å²) in [4.78, 5) is 26.7. The molecule has 0 aliphatic carbocycles. The molecule has 2 heterocycles. The topological polar surface area (TPSA) is 92.8 Å². The molecule has 1 N–H and O–H groups in total. The summed E-state index contributed by atoms with van der Waals surface area (Å²) in [5.41, 5.74) is 2.02. The van der Waals surface area contributed by atoms with E-state index in [0.29, 0.717) is 6.54 Å². The number of fused-ring (bicyclic) bond motifs is 1. The fraction of sp³-hybridized carbons (Fsp3) is 0.143. The maximum Gasteiger partial charge on any atom is 0.340 e. The van der Waals surface area contributed by atoms with E-state index in [2.05, 4.69) is 4.72 Å². The van der Waals surface area contributed by atoms with Crippen molar-refractivity contribution in [3.63, 3.8) is 0 Å². The average molecular weight is 443 g/mol. The fourth-order valence-corrected chi connectivity index (χ4v) is 5.31. The van der Waals surface area contributed by atoms with Gasteiger partial charge in [0.1, 0.15) is 4.21 Å². The first kappa shape index (κ1) is 20.1. The van der Waals surface area contributed by atoms with Gasteiger partial charge in [-0.25, -0.2) is 13.2 Å². The number of rotatable bonds is 6. The molecule has 0 saturated carbocycles. The third kappa shape index (κ3) is 4.07. The van der Waals surface area contributed by atoms with Gasteiger partial charge >= 0.3 is 5.97 Å². The van der Waals surface area contributed by atoms with Gasteiger partial charge in [-0.1, -0.05) is 36.4 Å². The highest BCUT2D eigenvalue weighted by atomic mass is 32.2. The molecule has 0 spiro atoms. The van der Waals surface area contributed by atoms with E-state index in [1.807, 2.05) is 24.3 Å². The number of carbonyl (C=O) groups is 2. The first-order valence-corrected chi connectivity index (χ1v) is 11.5. The largest absolute Gasteiger partial charge is 0.452 e. The highest BCUT2D eigenvalue weighted by Gasteiger charge is 2.26. The molecule has 4 rings (SSSR count). The molecular weight excluding hydrogens is 424 g/mol. The van der Waals surface area contributed by atoms with Crippen LogP contribution in [0.2, 0.25) is 0 Å². The molecule has 0 bridgehead atoms. The summed E-state index contributed by atoms with van der Waals surface area (Å²) < 4.78 is 32.7. The number of hydrogen-bond acceptors (Lipinski definition) is 6. The molecule has 1 aromatic heterocycles. The van der Waals surface area contributed by atoms with Crippen molar-refractivity contribution in [2.24, 2.45) is 0 Å². The molecule has 0 saturated heterocycles. The van der Waals surface area contributed by atoms with Crippen molar-refractivity contribution in [2.75, 3.05) is 22.8 Å². The van der Waals surface area contributed by atoms with Crippen molar-refractivity contribution >= 4 is 44.6 Å². The Labute approximate surface area is 178 Å². The lowest BCUT2D eigenvalue weighted by Crippen LogP contribution is -2.33. The minimum atomic E-state index is -3.82. The van der Waals surface area contributed by atoms with Crippen molar-refractivity contribution in [2.45, 2.75) is 10.6 Å². The van der Waals surface area contributed by atoms with Crippen LogP contribution in [0.5, 0.6) is 0 Å². The Kier molecular flexibility index (Phi) is 5.56. The molecule has 1 aliphatic heterocycles. The number of amides is 1. The standard InChI is InChI=1S/C21H18N2O5S2/c24-19(23-12-11-15-6-1-4-9-18(15)23)14-28-21(25)16-7-2-3-8-17(16)22-30(26,27)20-10-5-13-29-20/h1-10,13,22H,11-12,14H2. The quantitative estimate of drug-likeness (QED) is 0.592. The number of nitrogens with zero attached hydrogens (tertiary/aromatic N) is 1. The Morgan fingerprint density at radius 1 is 1.03 bits per heavy atom. The first-order chi connectivity index (χ1) is 14.5. The number of hydrogen-bond donors (Lipinski definition) is 1. The zero-order valence-electron chi connectivity index (χ0n) is 15.8. The highest BCUT2D eigenvalue weighted by molar-refractivity contribution is 7.94. The van der Waals surface area contributed by atoms with Crippen molar-refractivity contribution in [1.29, 1.82) is 0 Å². The van der Waals surface area contributed by atoms with Gasteiger partial charge < -0.3 is 9.64 Å². The van der Waals surface area contributed by atoms with Crippen LogP contribution in [-0.2, 0) is 26.0 Å². The van der Waals surface area contributed by atoms with Gasteiger partial charge in [-0.15, -0.1) is 11.3 Å². The van der Waals surface area contributed by atoms with E-state index in [4.69, 9.17) is 4.74 Å². The van der Waals surface area contributed by atoms with Crippen molar-refractivity contribution < 1.29 is 22.7 Å². The SMILES string of the molecule is O=C(OCC(=O)N1CCc2ccccc21)c1ccccc1NS(=O)(=O)c1cccs1. The Morgan fingerprint density at radius 3 is 2.60 bits per heavy atom. The second-order valence-electron chi connectivity index (χ2n) is 6.58. The minimum absolute atomic E-state index is 0.0345. The van der Waals surface area contributed by atoms with Gasteiger partial charge in [0.2, 0.25) is 0 Å². The van der Waals surface area contributed by atoms with Crippen LogP contribution in [0.15, 0.2) is 70.3 Å². The fourth-order valence-electron chi connectivity index (χ4n) is 3.24. The van der Waals surface area contributed by atoms with E-state index in [-0.39, 0.29) is 21.4 Å². The van der Waals surface area contributed by atoms with Crippen molar-refractivity contribution in [1.82, 2.24) is 0 Å². The lowest BCUT2D eigenvalue weighted by Gasteiger charge is -2.17. The molecule has 0 fully saturated rings. The second-order valence-corrected chi connectivity index (χ2v) is 9.44.